The van der Waals surface area contributed by atoms with Crippen LogP contribution in [-0.2, 0) is 6.42 Å². The van der Waals surface area contributed by atoms with Crippen molar-refractivity contribution >= 4 is 13.3 Å². The van der Waals surface area contributed by atoms with Crippen LogP contribution >= 0.6 is 0 Å². The van der Waals surface area contributed by atoms with Crippen molar-refractivity contribution in [1.29, 1.82) is 0 Å². The van der Waals surface area contributed by atoms with E-state index in [-0.39, 0.29) is 0 Å². The summed E-state index contributed by atoms with van der Waals surface area (Å²) in [4.78, 5) is 0. The van der Waals surface area contributed by atoms with Crippen LogP contribution in [0.2, 0.25) is 0 Å². The Labute approximate surface area is 87.6 Å². The Bertz CT molecular complexity index is 273. The smallest absolute Gasteiger partial charge is 0.139 e. The third kappa shape index (κ3) is 3.55. The van der Waals surface area contributed by atoms with Crippen LogP contribution < -0.4 is 5.46 Å². The molecule has 0 spiro atoms. The highest BCUT2D eigenvalue weighted by molar-refractivity contribution is 6.32. The quantitative estimate of drug-likeness (QED) is 0.684. The lowest BCUT2D eigenvalue weighted by atomic mass is 9.90. The Kier molecular flexibility index (Phi) is 4.74. The van der Waals surface area contributed by atoms with Crippen molar-refractivity contribution in [3.63, 3.8) is 0 Å². The summed E-state index contributed by atoms with van der Waals surface area (Å²) in [5.74, 6) is 0.432. The second kappa shape index (κ2) is 5.87. The molecule has 2 heteroatoms. The summed E-state index contributed by atoms with van der Waals surface area (Å²) in [5, 5.41) is 9.19. The third-order valence-corrected chi connectivity index (χ3v) is 2.56. The molecule has 1 aromatic rings. The standard InChI is InChI=1S/C12H19BO/c1-2-4-11(9-14)7-10-5-3-6-12(13)8-10/h3,5-6,8,11,14H,2,4,7,9,13H2,1H3. The minimum Gasteiger partial charge on any atom is -0.396 e. The molecular formula is C12H19BO. The van der Waals surface area contributed by atoms with Gasteiger partial charge in [0.05, 0.1) is 0 Å². The van der Waals surface area contributed by atoms with Gasteiger partial charge in [0.15, 0.2) is 0 Å². The topological polar surface area (TPSA) is 20.2 Å². The van der Waals surface area contributed by atoms with E-state index in [2.05, 4.69) is 39.0 Å². The van der Waals surface area contributed by atoms with Gasteiger partial charge in [0.2, 0.25) is 0 Å². The van der Waals surface area contributed by atoms with Gasteiger partial charge >= 0.3 is 0 Å². The van der Waals surface area contributed by atoms with E-state index in [1.165, 1.54) is 11.0 Å². The molecule has 1 nitrogen and oxygen atoms in total. The van der Waals surface area contributed by atoms with Gasteiger partial charge in [-0.05, 0) is 24.3 Å². The van der Waals surface area contributed by atoms with E-state index in [1.807, 2.05) is 0 Å². The first-order chi connectivity index (χ1) is 6.76. The van der Waals surface area contributed by atoms with Gasteiger partial charge in [0.25, 0.3) is 0 Å². The van der Waals surface area contributed by atoms with Crippen molar-refractivity contribution in [3.05, 3.63) is 29.8 Å². The molecule has 0 aliphatic rings. The van der Waals surface area contributed by atoms with Gasteiger partial charge in [-0.3, -0.25) is 0 Å². The number of benzene rings is 1. The van der Waals surface area contributed by atoms with E-state index in [4.69, 9.17) is 0 Å². The molecule has 0 fully saturated rings. The molecule has 0 heterocycles. The SMILES string of the molecule is Bc1cccc(CC(CO)CCC)c1. The zero-order valence-electron chi connectivity index (χ0n) is 9.16. The number of hydrogen-bond acceptors (Lipinski definition) is 1. The number of rotatable bonds is 5. The normalized spacial score (nSPS) is 12.7. The van der Waals surface area contributed by atoms with Gasteiger partial charge in [0, 0.05) is 6.61 Å². The average Bonchev–Trinajstić information content (AvgIpc) is 2.17. The highest BCUT2D eigenvalue weighted by Gasteiger charge is 2.06. The molecule has 0 amide bonds. The third-order valence-electron chi connectivity index (χ3n) is 2.56. The summed E-state index contributed by atoms with van der Waals surface area (Å²) in [7, 11) is 2.11. The zero-order chi connectivity index (χ0) is 10.4. The predicted molar refractivity (Wildman–Crippen MR) is 63.8 cm³/mol. The predicted octanol–water partition coefficient (Wildman–Crippen LogP) is 0.896. The molecule has 76 valence electrons. The molecule has 1 atom stereocenters. The molecule has 1 N–H and O–H groups in total. The summed E-state index contributed by atoms with van der Waals surface area (Å²) in [6.45, 7) is 2.47. The molecular weight excluding hydrogens is 171 g/mol. The van der Waals surface area contributed by atoms with Crippen molar-refractivity contribution < 1.29 is 5.11 Å². The van der Waals surface area contributed by atoms with E-state index in [0.717, 1.165) is 19.3 Å². The van der Waals surface area contributed by atoms with Crippen LogP contribution in [0.15, 0.2) is 24.3 Å². The highest BCUT2D eigenvalue weighted by atomic mass is 16.3. The molecule has 0 aliphatic carbocycles. The van der Waals surface area contributed by atoms with Crippen LogP contribution in [0, 0.1) is 5.92 Å². The molecule has 1 unspecified atom stereocenters. The fraction of sp³-hybridized carbons (Fsp3) is 0.500. The molecule has 0 bridgehead atoms. The maximum absolute atomic E-state index is 9.19. The lowest BCUT2D eigenvalue weighted by Crippen LogP contribution is -2.11. The van der Waals surface area contributed by atoms with Gasteiger partial charge in [-0.2, -0.15) is 0 Å². The van der Waals surface area contributed by atoms with Crippen molar-refractivity contribution in [2.45, 2.75) is 26.2 Å². The van der Waals surface area contributed by atoms with Crippen LogP contribution in [0.3, 0.4) is 0 Å². The van der Waals surface area contributed by atoms with Crippen LogP contribution in [0.25, 0.3) is 0 Å². The van der Waals surface area contributed by atoms with Crippen molar-refractivity contribution in [1.82, 2.24) is 0 Å². The Morgan fingerprint density at radius 3 is 2.79 bits per heavy atom. The molecule has 0 saturated heterocycles. The van der Waals surface area contributed by atoms with Gasteiger partial charge in [-0.25, -0.2) is 0 Å². The summed E-state index contributed by atoms with van der Waals surface area (Å²) in [6, 6.07) is 8.55. The second-order valence-electron chi connectivity index (χ2n) is 4.03. The first-order valence-corrected chi connectivity index (χ1v) is 5.42. The molecule has 1 aromatic carbocycles. The van der Waals surface area contributed by atoms with Crippen LogP contribution in [0.4, 0.5) is 0 Å². The maximum atomic E-state index is 9.19. The van der Waals surface area contributed by atoms with E-state index in [9.17, 15) is 5.11 Å². The molecule has 0 aromatic heterocycles. The van der Waals surface area contributed by atoms with Gasteiger partial charge in [-0.1, -0.05) is 43.1 Å². The van der Waals surface area contributed by atoms with Crippen LogP contribution in [-0.4, -0.2) is 19.6 Å². The summed E-state index contributed by atoms with van der Waals surface area (Å²) in [6.07, 6.45) is 3.27. The van der Waals surface area contributed by atoms with E-state index in [0.29, 0.717) is 12.5 Å². The van der Waals surface area contributed by atoms with Crippen molar-refractivity contribution in [3.8, 4) is 0 Å². The largest absolute Gasteiger partial charge is 0.396 e. The Morgan fingerprint density at radius 2 is 2.21 bits per heavy atom. The van der Waals surface area contributed by atoms with Crippen LogP contribution in [0.1, 0.15) is 25.3 Å². The van der Waals surface area contributed by atoms with Crippen molar-refractivity contribution in [2.24, 2.45) is 5.92 Å². The summed E-state index contributed by atoms with van der Waals surface area (Å²) in [5.41, 5.74) is 2.65. The summed E-state index contributed by atoms with van der Waals surface area (Å²) >= 11 is 0. The number of aliphatic hydroxyl groups is 1. The maximum Gasteiger partial charge on any atom is 0.139 e. The molecule has 0 radical (unpaired) electrons. The average molecular weight is 190 g/mol. The summed E-state index contributed by atoms with van der Waals surface area (Å²) < 4.78 is 0. The first-order valence-electron chi connectivity index (χ1n) is 5.42. The Morgan fingerprint density at radius 1 is 1.43 bits per heavy atom. The monoisotopic (exact) mass is 190 g/mol. The minimum absolute atomic E-state index is 0.307. The van der Waals surface area contributed by atoms with E-state index >= 15 is 0 Å². The van der Waals surface area contributed by atoms with E-state index < -0.39 is 0 Å². The van der Waals surface area contributed by atoms with E-state index in [1.54, 1.807) is 0 Å². The lowest BCUT2D eigenvalue weighted by molar-refractivity contribution is 0.217. The lowest BCUT2D eigenvalue weighted by Gasteiger charge is -2.13. The Hall–Kier alpha value is -0.755. The van der Waals surface area contributed by atoms with Gasteiger partial charge in [-0.15, -0.1) is 0 Å². The second-order valence-corrected chi connectivity index (χ2v) is 4.03. The zero-order valence-corrected chi connectivity index (χ0v) is 9.16. The first kappa shape index (κ1) is 11.3. The van der Waals surface area contributed by atoms with Gasteiger partial charge in [0.1, 0.15) is 7.85 Å². The number of aliphatic hydroxyl groups excluding tert-OH is 1. The highest BCUT2D eigenvalue weighted by Crippen LogP contribution is 2.12. The minimum atomic E-state index is 0.307. The van der Waals surface area contributed by atoms with Gasteiger partial charge < -0.3 is 5.11 Å². The van der Waals surface area contributed by atoms with Crippen LogP contribution in [0.5, 0.6) is 0 Å². The number of hydrogen-bond donors (Lipinski definition) is 1. The fourth-order valence-corrected chi connectivity index (χ4v) is 1.84. The molecule has 0 saturated carbocycles. The fourth-order valence-electron chi connectivity index (χ4n) is 1.84. The molecule has 1 rings (SSSR count). The Balaban J connectivity index is 2.57. The molecule has 14 heavy (non-hydrogen) atoms. The van der Waals surface area contributed by atoms with Crippen molar-refractivity contribution in [2.75, 3.05) is 6.61 Å². The molecule has 0 aliphatic heterocycles.